The number of piperazine rings is 1. The summed E-state index contributed by atoms with van der Waals surface area (Å²) in [7, 11) is 1.61. The van der Waals surface area contributed by atoms with Crippen molar-refractivity contribution in [1.82, 2.24) is 20.4 Å². The van der Waals surface area contributed by atoms with Crippen molar-refractivity contribution in [3.8, 4) is 5.75 Å². The van der Waals surface area contributed by atoms with Gasteiger partial charge in [0.05, 0.1) is 5.75 Å². The van der Waals surface area contributed by atoms with E-state index in [1.54, 1.807) is 7.05 Å². The molecule has 1 aromatic carbocycles. The third kappa shape index (κ3) is 6.09. The second kappa shape index (κ2) is 10.6. The van der Waals surface area contributed by atoms with Crippen LogP contribution in [-0.2, 0) is 9.59 Å². The van der Waals surface area contributed by atoms with E-state index < -0.39 is 0 Å². The molecule has 0 unspecified atom stereocenters. The van der Waals surface area contributed by atoms with Gasteiger partial charge in [-0.2, -0.15) is 0 Å². The number of thioether (sulfide) groups is 1. The Morgan fingerprint density at radius 2 is 1.87 bits per heavy atom. The summed E-state index contributed by atoms with van der Waals surface area (Å²) in [6.07, 6.45) is 0. The normalized spacial score (nSPS) is 14.1. The molecule has 2 heterocycles. The minimum absolute atomic E-state index is 0.0123. The highest BCUT2D eigenvalue weighted by atomic mass is 32.2. The quantitative estimate of drug-likeness (QED) is 0.618. The van der Waals surface area contributed by atoms with Crippen molar-refractivity contribution >= 4 is 40.0 Å². The van der Waals surface area contributed by atoms with Gasteiger partial charge in [-0.3, -0.25) is 9.59 Å². The van der Waals surface area contributed by atoms with Crippen molar-refractivity contribution < 1.29 is 14.3 Å². The Bertz CT molecular complexity index is 848. The van der Waals surface area contributed by atoms with Crippen molar-refractivity contribution in [2.24, 2.45) is 0 Å². The van der Waals surface area contributed by atoms with Gasteiger partial charge in [-0.05, 0) is 23.6 Å². The number of hydrogen-bond donors (Lipinski definition) is 1. The van der Waals surface area contributed by atoms with Gasteiger partial charge in [0.15, 0.2) is 10.9 Å². The summed E-state index contributed by atoms with van der Waals surface area (Å²) >= 11 is 2.85. The SMILES string of the molecule is CNC(=O)CSc1nnc(N2CCN(C(=O)COc3ccc(C(C)C)cc3)CC2)s1. The Kier molecular flexibility index (Phi) is 7.92. The first-order valence-corrected chi connectivity index (χ1v) is 11.7. The van der Waals surface area contributed by atoms with E-state index in [0.717, 1.165) is 9.47 Å². The van der Waals surface area contributed by atoms with Gasteiger partial charge in [0.25, 0.3) is 5.91 Å². The molecule has 0 aliphatic carbocycles. The fourth-order valence-electron chi connectivity index (χ4n) is 2.92. The van der Waals surface area contributed by atoms with Gasteiger partial charge in [-0.15, -0.1) is 10.2 Å². The van der Waals surface area contributed by atoms with E-state index in [2.05, 4.69) is 34.3 Å². The number of nitrogens with one attached hydrogen (secondary N) is 1. The van der Waals surface area contributed by atoms with Crippen LogP contribution in [-0.4, -0.2) is 72.5 Å². The predicted molar refractivity (Wildman–Crippen MR) is 120 cm³/mol. The number of carbonyl (C=O) groups is 2. The highest BCUT2D eigenvalue weighted by molar-refractivity contribution is 8.01. The fraction of sp³-hybridized carbons (Fsp3) is 0.500. The minimum atomic E-state index is -0.0399. The topological polar surface area (TPSA) is 87.7 Å². The van der Waals surface area contributed by atoms with Gasteiger partial charge in [0.1, 0.15) is 5.75 Å². The molecule has 3 rings (SSSR count). The molecule has 1 N–H and O–H groups in total. The van der Waals surface area contributed by atoms with Gasteiger partial charge in [-0.1, -0.05) is 49.1 Å². The van der Waals surface area contributed by atoms with Gasteiger partial charge in [-0.25, -0.2) is 0 Å². The van der Waals surface area contributed by atoms with Gasteiger partial charge < -0.3 is 19.9 Å². The van der Waals surface area contributed by atoms with Crippen molar-refractivity contribution in [3.05, 3.63) is 29.8 Å². The molecule has 30 heavy (non-hydrogen) atoms. The highest BCUT2D eigenvalue weighted by Crippen LogP contribution is 2.28. The lowest BCUT2D eigenvalue weighted by atomic mass is 10.0. The molecule has 10 heteroatoms. The molecule has 8 nitrogen and oxygen atoms in total. The van der Waals surface area contributed by atoms with E-state index in [9.17, 15) is 9.59 Å². The molecule has 1 aliphatic heterocycles. The van der Waals surface area contributed by atoms with Crippen LogP contribution in [0.3, 0.4) is 0 Å². The molecular formula is C20H27N5O3S2. The van der Waals surface area contributed by atoms with Crippen molar-refractivity contribution in [2.45, 2.75) is 24.1 Å². The van der Waals surface area contributed by atoms with Crippen LogP contribution >= 0.6 is 23.1 Å². The lowest BCUT2D eigenvalue weighted by Crippen LogP contribution is -2.50. The largest absolute Gasteiger partial charge is 0.484 e. The van der Waals surface area contributed by atoms with Crippen LogP contribution in [0.1, 0.15) is 25.3 Å². The number of nitrogens with zero attached hydrogens (tertiary/aromatic N) is 4. The molecule has 2 aromatic rings. The van der Waals surface area contributed by atoms with E-state index >= 15 is 0 Å². The predicted octanol–water partition coefficient (Wildman–Crippen LogP) is 2.23. The number of carbonyl (C=O) groups excluding carboxylic acids is 2. The molecule has 2 amide bonds. The van der Waals surface area contributed by atoms with Gasteiger partial charge in [0.2, 0.25) is 11.0 Å². The molecule has 0 saturated carbocycles. The van der Waals surface area contributed by atoms with E-state index in [4.69, 9.17) is 4.74 Å². The molecule has 0 radical (unpaired) electrons. The average Bonchev–Trinajstić information content (AvgIpc) is 3.25. The Balaban J connectivity index is 1.43. The molecule has 1 aromatic heterocycles. The zero-order chi connectivity index (χ0) is 21.5. The van der Waals surface area contributed by atoms with Crippen LogP contribution in [0, 0.1) is 0 Å². The number of amides is 2. The third-order valence-corrected chi connectivity index (χ3v) is 6.93. The minimum Gasteiger partial charge on any atom is -0.484 e. The maximum atomic E-state index is 12.5. The second-order valence-corrected chi connectivity index (χ2v) is 9.37. The summed E-state index contributed by atoms with van der Waals surface area (Å²) in [5, 5.41) is 11.8. The van der Waals surface area contributed by atoms with Crippen molar-refractivity contribution in [3.63, 3.8) is 0 Å². The zero-order valence-electron chi connectivity index (χ0n) is 17.5. The van der Waals surface area contributed by atoms with E-state index in [-0.39, 0.29) is 18.4 Å². The monoisotopic (exact) mass is 449 g/mol. The Hall–Kier alpha value is -2.33. The first-order valence-electron chi connectivity index (χ1n) is 9.88. The molecule has 1 saturated heterocycles. The molecule has 1 aliphatic rings. The summed E-state index contributed by atoms with van der Waals surface area (Å²) in [6, 6.07) is 7.89. The van der Waals surface area contributed by atoms with Gasteiger partial charge >= 0.3 is 0 Å². The maximum absolute atomic E-state index is 12.5. The number of rotatable bonds is 8. The fourth-order valence-corrected chi connectivity index (χ4v) is 4.69. The van der Waals surface area contributed by atoms with Crippen LogP contribution in [0.2, 0.25) is 0 Å². The lowest BCUT2D eigenvalue weighted by molar-refractivity contribution is -0.133. The molecule has 1 fully saturated rings. The Labute approximate surface area is 185 Å². The number of aromatic nitrogens is 2. The summed E-state index contributed by atoms with van der Waals surface area (Å²) < 4.78 is 6.43. The van der Waals surface area contributed by atoms with Gasteiger partial charge in [0, 0.05) is 33.2 Å². The second-order valence-electron chi connectivity index (χ2n) is 7.19. The number of hydrogen-bond acceptors (Lipinski definition) is 8. The van der Waals surface area contributed by atoms with Crippen LogP contribution in [0.15, 0.2) is 28.6 Å². The first kappa shape index (κ1) is 22.4. The zero-order valence-corrected chi connectivity index (χ0v) is 19.1. The smallest absolute Gasteiger partial charge is 0.260 e. The highest BCUT2D eigenvalue weighted by Gasteiger charge is 2.23. The van der Waals surface area contributed by atoms with Crippen LogP contribution in [0.25, 0.3) is 0 Å². The summed E-state index contributed by atoms with van der Waals surface area (Å²) in [4.78, 5) is 27.8. The van der Waals surface area contributed by atoms with Crippen molar-refractivity contribution in [1.29, 1.82) is 0 Å². The molecule has 0 bridgehead atoms. The lowest BCUT2D eigenvalue weighted by Gasteiger charge is -2.34. The van der Waals surface area contributed by atoms with E-state index in [1.807, 2.05) is 29.2 Å². The van der Waals surface area contributed by atoms with Crippen LogP contribution in [0.4, 0.5) is 5.13 Å². The number of anilines is 1. The Morgan fingerprint density at radius 1 is 1.17 bits per heavy atom. The molecule has 162 valence electrons. The Morgan fingerprint density at radius 3 is 2.50 bits per heavy atom. The first-order chi connectivity index (χ1) is 14.5. The van der Waals surface area contributed by atoms with E-state index in [1.165, 1.54) is 28.7 Å². The van der Waals surface area contributed by atoms with Crippen LogP contribution in [0.5, 0.6) is 5.75 Å². The molecule has 0 spiro atoms. The number of ether oxygens (including phenoxy) is 1. The average molecular weight is 450 g/mol. The summed E-state index contributed by atoms with van der Waals surface area (Å²) in [5.74, 6) is 1.45. The standard InChI is InChI=1S/C20H27N5O3S2/c1-14(2)15-4-6-16(7-5-15)28-12-18(27)24-8-10-25(11-9-24)19-22-23-20(30-19)29-13-17(26)21-3/h4-7,14H,8-13H2,1-3H3,(H,21,26). The summed E-state index contributed by atoms with van der Waals surface area (Å²) in [6.45, 7) is 6.97. The third-order valence-electron chi connectivity index (χ3n) is 4.81. The maximum Gasteiger partial charge on any atom is 0.260 e. The van der Waals surface area contributed by atoms with E-state index in [0.29, 0.717) is 43.6 Å². The summed E-state index contributed by atoms with van der Waals surface area (Å²) in [5.41, 5.74) is 1.25. The molecular weight excluding hydrogens is 422 g/mol. The molecule has 0 atom stereocenters. The van der Waals surface area contributed by atoms with Crippen molar-refractivity contribution in [2.75, 3.05) is 50.5 Å². The van der Waals surface area contributed by atoms with Crippen LogP contribution < -0.4 is 15.0 Å². The number of benzene rings is 1.